The summed E-state index contributed by atoms with van der Waals surface area (Å²) >= 11 is 0. The molecule has 3 heteroatoms. The zero-order valence-electron chi connectivity index (χ0n) is 12.5. The summed E-state index contributed by atoms with van der Waals surface area (Å²) in [4.78, 5) is 12.0. The average molecular weight is 283 g/mol. The Labute approximate surface area is 126 Å². The Bertz CT molecular complexity index is 554. The first kappa shape index (κ1) is 15.1. The summed E-state index contributed by atoms with van der Waals surface area (Å²) in [6.07, 6.45) is -0.504. The Kier molecular flexibility index (Phi) is 5.38. The van der Waals surface area contributed by atoms with Gasteiger partial charge < -0.3 is 10.1 Å². The van der Waals surface area contributed by atoms with E-state index in [9.17, 15) is 4.79 Å². The molecule has 0 heterocycles. The molecule has 2 aromatic carbocycles. The number of hydrogen-bond acceptors (Lipinski definition) is 2. The Morgan fingerprint density at radius 1 is 1.00 bits per heavy atom. The quantitative estimate of drug-likeness (QED) is 0.882. The average Bonchev–Trinajstić information content (AvgIpc) is 2.54. The van der Waals surface area contributed by atoms with Crippen LogP contribution in [0.5, 0.6) is 5.75 Å². The van der Waals surface area contributed by atoms with Gasteiger partial charge in [0.1, 0.15) is 5.75 Å². The van der Waals surface area contributed by atoms with E-state index in [1.807, 2.05) is 48.5 Å². The van der Waals surface area contributed by atoms with Crippen molar-refractivity contribution in [2.24, 2.45) is 0 Å². The van der Waals surface area contributed by atoms with E-state index in [-0.39, 0.29) is 11.8 Å². The van der Waals surface area contributed by atoms with Gasteiger partial charge in [-0.15, -0.1) is 0 Å². The number of benzene rings is 2. The number of nitrogens with one attached hydrogen (secondary N) is 1. The van der Waals surface area contributed by atoms with Gasteiger partial charge in [-0.3, -0.25) is 4.79 Å². The molecule has 0 saturated heterocycles. The number of carbonyl (C=O) groups is 1. The lowest BCUT2D eigenvalue weighted by Crippen LogP contribution is -2.38. The van der Waals surface area contributed by atoms with Crippen LogP contribution in [-0.2, 0) is 4.79 Å². The summed E-state index contributed by atoms with van der Waals surface area (Å²) in [5.74, 6) is 0.886. The Hall–Kier alpha value is -2.29. The lowest BCUT2D eigenvalue weighted by molar-refractivity contribution is -0.127. The van der Waals surface area contributed by atoms with Crippen molar-refractivity contribution < 1.29 is 9.53 Å². The predicted molar refractivity (Wildman–Crippen MR) is 84.4 cm³/mol. The molecule has 0 aliphatic heterocycles. The number of rotatable bonds is 6. The van der Waals surface area contributed by atoms with Crippen LogP contribution >= 0.6 is 0 Å². The third-order valence-corrected chi connectivity index (χ3v) is 3.38. The van der Waals surface area contributed by atoms with Crippen LogP contribution in [0.1, 0.15) is 25.3 Å². The van der Waals surface area contributed by atoms with Gasteiger partial charge >= 0.3 is 0 Å². The molecule has 0 saturated carbocycles. The third-order valence-electron chi connectivity index (χ3n) is 3.38. The molecule has 1 amide bonds. The standard InChI is InChI=1S/C18H21NO2/c1-14(16-9-5-3-6-10-16)13-19-18(20)15(2)21-17-11-7-4-8-12-17/h3-12,14-15H,13H2,1-2H3,(H,19,20). The van der Waals surface area contributed by atoms with E-state index < -0.39 is 6.10 Å². The molecule has 110 valence electrons. The number of amides is 1. The van der Waals surface area contributed by atoms with E-state index in [2.05, 4.69) is 24.4 Å². The summed E-state index contributed by atoms with van der Waals surface area (Å²) in [6.45, 7) is 4.46. The predicted octanol–water partition coefficient (Wildman–Crippen LogP) is 3.37. The van der Waals surface area contributed by atoms with Gasteiger partial charge in [0.25, 0.3) is 5.91 Å². The third kappa shape index (κ3) is 4.63. The van der Waals surface area contributed by atoms with Gasteiger partial charge in [-0.1, -0.05) is 55.5 Å². The van der Waals surface area contributed by atoms with Gasteiger partial charge in [-0.25, -0.2) is 0 Å². The largest absolute Gasteiger partial charge is 0.481 e. The molecule has 0 radical (unpaired) electrons. The molecule has 0 aliphatic rings. The highest BCUT2D eigenvalue weighted by atomic mass is 16.5. The molecule has 0 bridgehead atoms. The molecule has 0 fully saturated rings. The summed E-state index contributed by atoms with van der Waals surface area (Å²) < 4.78 is 5.60. The van der Waals surface area contributed by atoms with Crippen LogP contribution in [0.2, 0.25) is 0 Å². The molecule has 2 rings (SSSR count). The molecule has 2 unspecified atom stereocenters. The van der Waals surface area contributed by atoms with Crippen molar-refractivity contribution in [1.82, 2.24) is 5.32 Å². The zero-order chi connectivity index (χ0) is 15.1. The first-order chi connectivity index (χ1) is 10.2. The number of ether oxygens (including phenoxy) is 1. The van der Waals surface area contributed by atoms with Crippen LogP contribution in [0.4, 0.5) is 0 Å². The second-order valence-electron chi connectivity index (χ2n) is 5.13. The van der Waals surface area contributed by atoms with Crippen LogP contribution < -0.4 is 10.1 Å². The van der Waals surface area contributed by atoms with E-state index in [4.69, 9.17) is 4.74 Å². The van der Waals surface area contributed by atoms with Crippen molar-refractivity contribution in [1.29, 1.82) is 0 Å². The minimum absolute atomic E-state index is 0.0957. The van der Waals surface area contributed by atoms with Gasteiger partial charge in [-0.05, 0) is 30.5 Å². The highest BCUT2D eigenvalue weighted by Crippen LogP contribution is 2.14. The number of hydrogen-bond donors (Lipinski definition) is 1. The topological polar surface area (TPSA) is 38.3 Å². The molecule has 1 N–H and O–H groups in total. The summed E-state index contributed by atoms with van der Waals surface area (Å²) in [7, 11) is 0. The summed E-state index contributed by atoms with van der Waals surface area (Å²) in [5, 5.41) is 2.94. The fourth-order valence-electron chi connectivity index (χ4n) is 2.05. The summed E-state index contributed by atoms with van der Waals surface area (Å²) in [6, 6.07) is 19.5. The minimum atomic E-state index is -0.504. The summed E-state index contributed by atoms with van der Waals surface area (Å²) in [5.41, 5.74) is 1.22. The molecule has 0 aliphatic carbocycles. The minimum Gasteiger partial charge on any atom is -0.481 e. The smallest absolute Gasteiger partial charge is 0.260 e. The van der Waals surface area contributed by atoms with Crippen molar-refractivity contribution in [3.8, 4) is 5.75 Å². The van der Waals surface area contributed by atoms with Crippen LogP contribution in [-0.4, -0.2) is 18.6 Å². The van der Waals surface area contributed by atoms with E-state index >= 15 is 0 Å². The molecular formula is C18H21NO2. The van der Waals surface area contributed by atoms with E-state index in [0.29, 0.717) is 12.3 Å². The van der Waals surface area contributed by atoms with Crippen molar-refractivity contribution in [3.63, 3.8) is 0 Å². The van der Waals surface area contributed by atoms with Crippen LogP contribution in [0.3, 0.4) is 0 Å². The van der Waals surface area contributed by atoms with Crippen molar-refractivity contribution in [3.05, 3.63) is 66.2 Å². The van der Waals surface area contributed by atoms with E-state index in [0.717, 1.165) is 0 Å². The molecule has 0 aromatic heterocycles. The van der Waals surface area contributed by atoms with Crippen molar-refractivity contribution in [2.75, 3.05) is 6.54 Å². The maximum Gasteiger partial charge on any atom is 0.260 e. The zero-order valence-corrected chi connectivity index (χ0v) is 12.5. The van der Waals surface area contributed by atoms with E-state index in [1.54, 1.807) is 6.92 Å². The lowest BCUT2D eigenvalue weighted by Gasteiger charge is -2.17. The van der Waals surface area contributed by atoms with Crippen LogP contribution in [0.25, 0.3) is 0 Å². The Morgan fingerprint density at radius 2 is 1.57 bits per heavy atom. The molecule has 0 spiro atoms. The lowest BCUT2D eigenvalue weighted by atomic mass is 10.0. The Balaban J connectivity index is 1.81. The fourth-order valence-corrected chi connectivity index (χ4v) is 2.05. The van der Waals surface area contributed by atoms with E-state index in [1.165, 1.54) is 5.56 Å². The number of carbonyl (C=O) groups excluding carboxylic acids is 1. The number of para-hydroxylation sites is 1. The Morgan fingerprint density at radius 3 is 2.19 bits per heavy atom. The first-order valence-electron chi connectivity index (χ1n) is 7.21. The van der Waals surface area contributed by atoms with Crippen LogP contribution in [0, 0.1) is 0 Å². The fraction of sp³-hybridized carbons (Fsp3) is 0.278. The molecule has 3 nitrogen and oxygen atoms in total. The molecule has 21 heavy (non-hydrogen) atoms. The van der Waals surface area contributed by atoms with Crippen molar-refractivity contribution in [2.45, 2.75) is 25.9 Å². The molecule has 2 atom stereocenters. The molecule has 2 aromatic rings. The van der Waals surface area contributed by atoms with Gasteiger partial charge in [0, 0.05) is 6.54 Å². The maximum absolute atomic E-state index is 12.0. The van der Waals surface area contributed by atoms with Crippen LogP contribution in [0.15, 0.2) is 60.7 Å². The second-order valence-corrected chi connectivity index (χ2v) is 5.13. The second kappa shape index (κ2) is 7.48. The van der Waals surface area contributed by atoms with Gasteiger partial charge in [-0.2, -0.15) is 0 Å². The highest BCUT2D eigenvalue weighted by Gasteiger charge is 2.15. The normalized spacial score (nSPS) is 13.2. The van der Waals surface area contributed by atoms with Gasteiger partial charge in [0.15, 0.2) is 6.10 Å². The SMILES string of the molecule is CC(Oc1ccccc1)C(=O)NCC(C)c1ccccc1. The maximum atomic E-state index is 12.0. The highest BCUT2D eigenvalue weighted by molar-refractivity contribution is 5.80. The van der Waals surface area contributed by atoms with Crippen molar-refractivity contribution >= 4 is 5.91 Å². The monoisotopic (exact) mass is 283 g/mol. The first-order valence-corrected chi connectivity index (χ1v) is 7.21. The molecular weight excluding hydrogens is 262 g/mol. The van der Waals surface area contributed by atoms with Gasteiger partial charge in [0.2, 0.25) is 0 Å². The van der Waals surface area contributed by atoms with Gasteiger partial charge in [0.05, 0.1) is 0 Å².